The second-order valence-electron chi connectivity index (χ2n) is 4.70. The monoisotopic (exact) mass is 256 g/mol. The first-order chi connectivity index (χ1) is 7.89. The fraction of sp³-hybridized carbons (Fsp3) is 0.667. The Morgan fingerprint density at radius 3 is 2.65 bits per heavy atom. The van der Waals surface area contributed by atoms with E-state index in [-0.39, 0.29) is 10.5 Å². The number of hydrogen-bond donors (Lipinski definition) is 0. The Hall–Kier alpha value is -0.970. The summed E-state index contributed by atoms with van der Waals surface area (Å²) < 4.78 is 6.94. The molecule has 0 atom stereocenters. The van der Waals surface area contributed by atoms with Gasteiger partial charge in [-0.05, 0) is 6.92 Å². The summed E-state index contributed by atoms with van der Waals surface area (Å²) in [6, 6.07) is 0. The lowest BCUT2D eigenvalue weighted by atomic mass is 10.3. The molecule has 0 spiro atoms. The first-order valence-electron chi connectivity index (χ1n) is 5.66. The number of ketones is 1. The quantitative estimate of drug-likeness (QED) is 0.760. The van der Waals surface area contributed by atoms with Gasteiger partial charge in [0.05, 0.1) is 19.1 Å². The highest BCUT2D eigenvalue weighted by Gasteiger charge is 2.21. The van der Waals surface area contributed by atoms with Gasteiger partial charge >= 0.3 is 0 Å². The maximum Gasteiger partial charge on any atom is 0.194 e. The van der Waals surface area contributed by atoms with Gasteiger partial charge in [-0.1, -0.05) is 20.8 Å². The number of aryl methyl sites for hydroxylation is 1. The number of ether oxygens (including phenoxy) is 1. The van der Waals surface area contributed by atoms with Gasteiger partial charge in [-0.15, -0.1) is 11.8 Å². The minimum absolute atomic E-state index is 0.0705. The third kappa shape index (κ3) is 3.77. The van der Waals surface area contributed by atoms with Gasteiger partial charge in [0.15, 0.2) is 11.5 Å². The van der Waals surface area contributed by atoms with Crippen molar-refractivity contribution < 1.29 is 9.53 Å². The predicted octanol–water partition coefficient (Wildman–Crippen LogP) is 2.63. The minimum Gasteiger partial charge on any atom is -0.493 e. The second-order valence-corrected chi connectivity index (χ2v) is 6.50. The first kappa shape index (κ1) is 14.1. The molecule has 96 valence electrons. The first-order valence-corrected chi connectivity index (χ1v) is 6.64. The van der Waals surface area contributed by atoms with Crippen molar-refractivity contribution >= 4 is 17.5 Å². The van der Waals surface area contributed by atoms with E-state index in [0.717, 1.165) is 0 Å². The van der Waals surface area contributed by atoms with Crippen molar-refractivity contribution in [2.24, 2.45) is 0 Å². The zero-order chi connectivity index (χ0) is 13.1. The SMILES string of the molecule is CCn1ncc(OC)c1C(=O)CSC(C)(C)C. The van der Waals surface area contributed by atoms with Crippen LogP contribution in [0.25, 0.3) is 0 Å². The van der Waals surface area contributed by atoms with Gasteiger partial charge in [-0.2, -0.15) is 5.10 Å². The summed E-state index contributed by atoms with van der Waals surface area (Å²) in [5, 5.41) is 4.13. The molecule has 0 aliphatic rings. The summed E-state index contributed by atoms with van der Waals surface area (Å²) in [5.74, 6) is 1.08. The molecule has 17 heavy (non-hydrogen) atoms. The molecule has 0 N–H and O–H groups in total. The largest absolute Gasteiger partial charge is 0.493 e. The number of Topliss-reactive ketones (excluding diaryl/α,β-unsaturated/α-hetero) is 1. The molecule has 0 aliphatic carbocycles. The Kier molecular flexibility index (Phi) is 4.62. The van der Waals surface area contributed by atoms with E-state index in [0.29, 0.717) is 23.7 Å². The van der Waals surface area contributed by atoms with E-state index in [1.807, 2.05) is 6.92 Å². The smallest absolute Gasteiger partial charge is 0.194 e. The third-order valence-electron chi connectivity index (χ3n) is 2.23. The summed E-state index contributed by atoms with van der Waals surface area (Å²) in [4.78, 5) is 12.2. The standard InChI is InChI=1S/C12H20N2O2S/c1-6-14-11(10(16-5)7-13-14)9(15)8-17-12(2,3)4/h7H,6,8H2,1-5H3. The van der Waals surface area contributed by atoms with Gasteiger partial charge in [-0.3, -0.25) is 9.48 Å². The highest BCUT2D eigenvalue weighted by molar-refractivity contribution is 8.01. The van der Waals surface area contributed by atoms with Gasteiger partial charge in [0.1, 0.15) is 5.69 Å². The summed E-state index contributed by atoms with van der Waals surface area (Å²) >= 11 is 1.63. The molecular weight excluding hydrogens is 236 g/mol. The number of rotatable bonds is 5. The molecule has 0 radical (unpaired) electrons. The number of carbonyl (C=O) groups excluding carboxylic acids is 1. The maximum atomic E-state index is 12.2. The molecule has 0 aromatic carbocycles. The molecule has 1 rings (SSSR count). The van der Waals surface area contributed by atoms with E-state index in [9.17, 15) is 4.79 Å². The molecule has 0 bridgehead atoms. The van der Waals surface area contributed by atoms with E-state index < -0.39 is 0 Å². The average Bonchev–Trinajstić information content (AvgIpc) is 2.67. The van der Waals surface area contributed by atoms with Gasteiger partial charge < -0.3 is 4.74 Å². The van der Waals surface area contributed by atoms with Crippen LogP contribution in [0.15, 0.2) is 6.20 Å². The van der Waals surface area contributed by atoms with E-state index in [4.69, 9.17) is 4.74 Å². The van der Waals surface area contributed by atoms with Crippen LogP contribution in [-0.4, -0.2) is 33.2 Å². The van der Waals surface area contributed by atoms with E-state index in [2.05, 4.69) is 25.9 Å². The van der Waals surface area contributed by atoms with Crippen LogP contribution in [0.4, 0.5) is 0 Å². The number of hydrogen-bond acceptors (Lipinski definition) is 4. The summed E-state index contributed by atoms with van der Waals surface area (Å²) in [5.41, 5.74) is 0.576. The Morgan fingerprint density at radius 1 is 1.53 bits per heavy atom. The Morgan fingerprint density at radius 2 is 2.18 bits per heavy atom. The van der Waals surface area contributed by atoms with Crippen molar-refractivity contribution in [1.29, 1.82) is 0 Å². The molecule has 5 heteroatoms. The minimum atomic E-state index is 0.0705. The molecule has 0 saturated carbocycles. The van der Waals surface area contributed by atoms with E-state index in [1.165, 1.54) is 0 Å². The summed E-state index contributed by atoms with van der Waals surface area (Å²) in [6.45, 7) is 8.92. The van der Waals surface area contributed by atoms with Crippen LogP contribution in [-0.2, 0) is 6.54 Å². The van der Waals surface area contributed by atoms with E-state index in [1.54, 1.807) is 29.8 Å². The lowest BCUT2D eigenvalue weighted by molar-refractivity contribution is 0.100. The van der Waals surface area contributed by atoms with Gasteiger partial charge in [-0.25, -0.2) is 0 Å². The Bertz CT molecular complexity index is 372. The highest BCUT2D eigenvalue weighted by Crippen LogP contribution is 2.26. The van der Waals surface area contributed by atoms with Crippen LogP contribution in [0.5, 0.6) is 5.75 Å². The van der Waals surface area contributed by atoms with E-state index >= 15 is 0 Å². The second kappa shape index (κ2) is 5.58. The summed E-state index contributed by atoms with van der Waals surface area (Å²) in [7, 11) is 1.56. The molecular formula is C12H20N2O2S. The normalized spacial score (nSPS) is 11.6. The number of nitrogens with zero attached hydrogens (tertiary/aromatic N) is 2. The van der Waals surface area contributed by atoms with Gasteiger partial charge in [0.25, 0.3) is 0 Å². The zero-order valence-corrected chi connectivity index (χ0v) is 11.9. The van der Waals surface area contributed by atoms with Crippen molar-refractivity contribution in [3.05, 3.63) is 11.9 Å². The fourth-order valence-corrected chi connectivity index (χ4v) is 2.09. The number of carbonyl (C=O) groups is 1. The molecule has 0 fully saturated rings. The fourth-order valence-electron chi connectivity index (χ4n) is 1.39. The van der Waals surface area contributed by atoms with Crippen LogP contribution in [0, 0.1) is 0 Å². The molecule has 0 amide bonds. The van der Waals surface area contributed by atoms with Crippen molar-refractivity contribution in [1.82, 2.24) is 9.78 Å². The molecule has 0 saturated heterocycles. The van der Waals surface area contributed by atoms with Crippen LogP contribution in [0.3, 0.4) is 0 Å². The molecule has 1 aromatic heterocycles. The molecule has 1 aromatic rings. The molecule has 0 unspecified atom stereocenters. The lowest BCUT2D eigenvalue weighted by Crippen LogP contribution is -2.17. The highest BCUT2D eigenvalue weighted by atomic mass is 32.2. The maximum absolute atomic E-state index is 12.2. The van der Waals surface area contributed by atoms with Crippen molar-refractivity contribution in [2.45, 2.75) is 39.0 Å². The Balaban J connectivity index is 2.84. The molecule has 1 heterocycles. The molecule has 0 aliphatic heterocycles. The van der Waals surface area contributed by atoms with Crippen LogP contribution >= 0.6 is 11.8 Å². The number of methoxy groups -OCH3 is 1. The predicted molar refractivity (Wildman–Crippen MR) is 71.0 cm³/mol. The van der Waals surface area contributed by atoms with Gasteiger partial charge in [0, 0.05) is 11.3 Å². The lowest BCUT2D eigenvalue weighted by Gasteiger charge is -2.17. The zero-order valence-electron chi connectivity index (χ0n) is 11.1. The summed E-state index contributed by atoms with van der Waals surface area (Å²) in [6.07, 6.45) is 1.60. The van der Waals surface area contributed by atoms with Crippen LogP contribution in [0.2, 0.25) is 0 Å². The van der Waals surface area contributed by atoms with Crippen LogP contribution < -0.4 is 4.74 Å². The van der Waals surface area contributed by atoms with Crippen LogP contribution in [0.1, 0.15) is 38.2 Å². The van der Waals surface area contributed by atoms with Crippen molar-refractivity contribution in [3.8, 4) is 5.75 Å². The average molecular weight is 256 g/mol. The Labute approximate surface area is 107 Å². The van der Waals surface area contributed by atoms with Crippen molar-refractivity contribution in [3.63, 3.8) is 0 Å². The molecule has 4 nitrogen and oxygen atoms in total. The number of thioether (sulfide) groups is 1. The topological polar surface area (TPSA) is 44.1 Å². The third-order valence-corrected chi connectivity index (χ3v) is 3.50. The number of aromatic nitrogens is 2. The van der Waals surface area contributed by atoms with Gasteiger partial charge in [0.2, 0.25) is 0 Å². The van der Waals surface area contributed by atoms with Crippen molar-refractivity contribution in [2.75, 3.05) is 12.9 Å².